The Balaban J connectivity index is 2.03. The summed E-state index contributed by atoms with van der Waals surface area (Å²) >= 11 is 11.9. The van der Waals surface area contributed by atoms with Gasteiger partial charge in [0, 0.05) is 23.0 Å². The Morgan fingerprint density at radius 3 is 2.89 bits per heavy atom. The summed E-state index contributed by atoms with van der Waals surface area (Å²) in [5.41, 5.74) is 0.570. The number of piperidine rings is 1. The lowest BCUT2D eigenvalue weighted by atomic mass is 9.90. The molecule has 2 rings (SSSR count). The van der Waals surface area contributed by atoms with Gasteiger partial charge in [0.1, 0.15) is 0 Å². The Labute approximate surface area is 118 Å². The van der Waals surface area contributed by atoms with Crippen LogP contribution in [0.3, 0.4) is 0 Å². The Hall–Kier alpha value is -0.570. The number of ketones is 1. The summed E-state index contributed by atoms with van der Waals surface area (Å²) in [5, 5.41) is 4.39. The molecule has 4 heteroatoms. The highest BCUT2D eigenvalue weighted by Gasteiger charge is 2.22. The zero-order chi connectivity index (χ0) is 13.1. The van der Waals surface area contributed by atoms with Gasteiger partial charge in [-0.25, -0.2) is 0 Å². The molecule has 1 heterocycles. The van der Waals surface area contributed by atoms with E-state index in [0.717, 1.165) is 13.0 Å². The number of halogens is 2. The summed E-state index contributed by atoms with van der Waals surface area (Å²) in [6.07, 6.45) is 2.75. The molecular weight excluding hydrogens is 269 g/mol. The molecule has 1 aromatic carbocycles. The summed E-state index contributed by atoms with van der Waals surface area (Å²) in [6, 6.07) is 5.30. The minimum Gasteiger partial charge on any atom is -0.314 e. The Kier molecular flexibility index (Phi) is 4.66. The predicted octanol–water partition coefficient (Wildman–Crippen LogP) is 3.95. The molecule has 1 aliphatic rings. The molecule has 98 valence electrons. The summed E-state index contributed by atoms with van der Waals surface area (Å²) in [7, 11) is 0. The van der Waals surface area contributed by atoms with E-state index in [1.54, 1.807) is 18.2 Å². The summed E-state index contributed by atoms with van der Waals surface area (Å²) in [5.74, 6) is 0.771. The highest BCUT2D eigenvalue weighted by molar-refractivity contribution is 6.36. The van der Waals surface area contributed by atoms with Crippen LogP contribution in [0.25, 0.3) is 0 Å². The van der Waals surface area contributed by atoms with E-state index in [4.69, 9.17) is 23.2 Å². The number of hydrogen-bond acceptors (Lipinski definition) is 2. The molecule has 1 aromatic rings. The van der Waals surface area contributed by atoms with Gasteiger partial charge in [-0.05, 0) is 43.5 Å². The van der Waals surface area contributed by atoms with Gasteiger partial charge < -0.3 is 5.32 Å². The van der Waals surface area contributed by atoms with Crippen LogP contribution in [0.5, 0.6) is 0 Å². The fraction of sp³-hybridized carbons (Fsp3) is 0.500. The maximum Gasteiger partial charge on any atom is 0.165 e. The normalized spacial score (nSPS) is 23.9. The molecule has 2 unspecified atom stereocenters. The molecule has 1 saturated heterocycles. The van der Waals surface area contributed by atoms with Gasteiger partial charge in [0.2, 0.25) is 0 Å². The fourth-order valence-electron chi connectivity index (χ4n) is 2.43. The zero-order valence-corrected chi connectivity index (χ0v) is 11.9. The molecule has 0 radical (unpaired) electrons. The first-order valence-electron chi connectivity index (χ1n) is 6.28. The molecule has 0 aliphatic carbocycles. The summed E-state index contributed by atoms with van der Waals surface area (Å²) in [6.45, 7) is 3.22. The third kappa shape index (κ3) is 3.47. The van der Waals surface area contributed by atoms with Crippen LogP contribution in [0.1, 0.15) is 36.5 Å². The van der Waals surface area contributed by atoms with E-state index in [0.29, 0.717) is 27.9 Å². The second-order valence-corrected chi connectivity index (χ2v) is 5.88. The van der Waals surface area contributed by atoms with Gasteiger partial charge >= 0.3 is 0 Å². The molecule has 1 aliphatic heterocycles. The molecule has 1 fully saturated rings. The molecule has 0 aromatic heterocycles. The average Bonchev–Trinajstić information content (AvgIpc) is 2.28. The first-order valence-corrected chi connectivity index (χ1v) is 7.03. The standard InChI is InChI=1S/C14H17Cl2NO/c1-9-4-5-17-11(6-9)8-14(18)12-3-2-10(15)7-13(12)16/h2-3,7,9,11,17H,4-6,8H2,1H3. The molecule has 0 saturated carbocycles. The van der Waals surface area contributed by atoms with Gasteiger partial charge in [0.15, 0.2) is 5.78 Å². The van der Waals surface area contributed by atoms with Crippen molar-refractivity contribution in [3.63, 3.8) is 0 Å². The van der Waals surface area contributed by atoms with E-state index >= 15 is 0 Å². The minimum absolute atomic E-state index is 0.0864. The van der Waals surface area contributed by atoms with E-state index < -0.39 is 0 Å². The van der Waals surface area contributed by atoms with Crippen LogP contribution in [0.15, 0.2) is 18.2 Å². The van der Waals surface area contributed by atoms with Gasteiger partial charge in [-0.1, -0.05) is 30.1 Å². The van der Waals surface area contributed by atoms with Crippen molar-refractivity contribution in [1.29, 1.82) is 0 Å². The van der Waals surface area contributed by atoms with E-state index in [1.807, 2.05) is 0 Å². The topological polar surface area (TPSA) is 29.1 Å². The van der Waals surface area contributed by atoms with E-state index in [9.17, 15) is 4.79 Å². The number of hydrogen-bond donors (Lipinski definition) is 1. The lowest BCUT2D eigenvalue weighted by Crippen LogP contribution is -2.38. The molecule has 1 N–H and O–H groups in total. The van der Waals surface area contributed by atoms with Crippen LogP contribution in [-0.2, 0) is 0 Å². The van der Waals surface area contributed by atoms with Gasteiger partial charge in [-0.3, -0.25) is 4.79 Å². The first kappa shape index (κ1) is 13.9. The Bertz CT molecular complexity index is 447. The lowest BCUT2D eigenvalue weighted by molar-refractivity contribution is 0.0959. The number of benzene rings is 1. The van der Waals surface area contributed by atoms with Gasteiger partial charge in [0.25, 0.3) is 0 Å². The second-order valence-electron chi connectivity index (χ2n) is 5.03. The average molecular weight is 286 g/mol. The zero-order valence-electron chi connectivity index (χ0n) is 10.4. The number of carbonyl (C=O) groups is 1. The maximum atomic E-state index is 12.2. The highest BCUT2D eigenvalue weighted by Crippen LogP contribution is 2.24. The van der Waals surface area contributed by atoms with Gasteiger partial charge in [0.05, 0.1) is 5.02 Å². The Morgan fingerprint density at radius 2 is 2.22 bits per heavy atom. The number of nitrogens with one attached hydrogen (secondary N) is 1. The van der Waals surface area contributed by atoms with Gasteiger partial charge in [-0.15, -0.1) is 0 Å². The number of Topliss-reactive ketones (excluding diaryl/α,β-unsaturated/α-hetero) is 1. The van der Waals surface area contributed by atoms with E-state index in [1.165, 1.54) is 6.42 Å². The number of carbonyl (C=O) groups excluding carboxylic acids is 1. The third-order valence-corrected chi connectivity index (χ3v) is 3.97. The van der Waals surface area contributed by atoms with Crippen LogP contribution >= 0.6 is 23.2 Å². The molecule has 0 amide bonds. The smallest absolute Gasteiger partial charge is 0.165 e. The molecule has 0 bridgehead atoms. The molecular formula is C14H17Cl2NO. The van der Waals surface area contributed by atoms with Crippen LogP contribution in [0, 0.1) is 5.92 Å². The number of rotatable bonds is 3. The van der Waals surface area contributed by atoms with Crippen molar-refractivity contribution in [1.82, 2.24) is 5.32 Å². The van der Waals surface area contributed by atoms with E-state index in [2.05, 4.69) is 12.2 Å². The van der Waals surface area contributed by atoms with E-state index in [-0.39, 0.29) is 11.8 Å². The molecule has 2 nitrogen and oxygen atoms in total. The van der Waals surface area contributed by atoms with Crippen molar-refractivity contribution < 1.29 is 4.79 Å². The summed E-state index contributed by atoms with van der Waals surface area (Å²) in [4.78, 5) is 12.2. The van der Waals surface area contributed by atoms with Crippen molar-refractivity contribution in [2.75, 3.05) is 6.54 Å². The van der Waals surface area contributed by atoms with Crippen molar-refractivity contribution in [2.24, 2.45) is 5.92 Å². The third-order valence-electron chi connectivity index (χ3n) is 3.42. The largest absolute Gasteiger partial charge is 0.314 e. The highest BCUT2D eigenvalue weighted by atomic mass is 35.5. The summed E-state index contributed by atoms with van der Waals surface area (Å²) < 4.78 is 0. The maximum absolute atomic E-state index is 12.2. The van der Waals surface area contributed by atoms with Crippen molar-refractivity contribution in [3.8, 4) is 0 Å². The van der Waals surface area contributed by atoms with Crippen LogP contribution in [-0.4, -0.2) is 18.4 Å². The van der Waals surface area contributed by atoms with Gasteiger partial charge in [-0.2, -0.15) is 0 Å². The molecule has 0 spiro atoms. The van der Waals surface area contributed by atoms with Crippen LogP contribution in [0.4, 0.5) is 0 Å². The fourth-order valence-corrected chi connectivity index (χ4v) is 2.94. The second kappa shape index (κ2) is 6.05. The Morgan fingerprint density at radius 1 is 1.44 bits per heavy atom. The monoisotopic (exact) mass is 285 g/mol. The molecule has 2 atom stereocenters. The quantitative estimate of drug-likeness (QED) is 0.852. The predicted molar refractivity (Wildman–Crippen MR) is 75.6 cm³/mol. The SMILES string of the molecule is CC1CCNC(CC(=O)c2ccc(Cl)cc2Cl)C1. The van der Waals surface area contributed by atoms with Crippen LogP contribution < -0.4 is 5.32 Å². The minimum atomic E-state index is 0.0864. The first-order chi connectivity index (χ1) is 8.56. The lowest BCUT2D eigenvalue weighted by Gasteiger charge is -2.27. The van der Waals surface area contributed by atoms with Crippen molar-refractivity contribution >= 4 is 29.0 Å². The van der Waals surface area contributed by atoms with Crippen molar-refractivity contribution in [2.45, 2.75) is 32.2 Å². The molecule has 18 heavy (non-hydrogen) atoms. The van der Waals surface area contributed by atoms with Crippen LogP contribution in [0.2, 0.25) is 10.0 Å². The van der Waals surface area contributed by atoms with Crippen molar-refractivity contribution in [3.05, 3.63) is 33.8 Å².